The van der Waals surface area contributed by atoms with Gasteiger partial charge in [-0.1, -0.05) is 43.3 Å². The van der Waals surface area contributed by atoms with Gasteiger partial charge in [-0.25, -0.2) is 0 Å². The fraction of sp³-hybridized carbons (Fsp3) is 0.263. The van der Waals surface area contributed by atoms with Crippen molar-refractivity contribution in [3.63, 3.8) is 0 Å². The van der Waals surface area contributed by atoms with E-state index in [1.165, 1.54) is 6.92 Å². The van der Waals surface area contributed by atoms with Crippen LogP contribution in [-0.4, -0.2) is 11.8 Å². The zero-order chi connectivity index (χ0) is 17.7. The van der Waals surface area contributed by atoms with Crippen molar-refractivity contribution in [2.45, 2.75) is 26.8 Å². The van der Waals surface area contributed by atoms with E-state index in [9.17, 15) is 9.59 Å². The largest absolute Gasteiger partial charge is 0.326 e. The molecule has 0 fully saturated rings. The van der Waals surface area contributed by atoms with Crippen LogP contribution in [0.25, 0.3) is 0 Å². The highest BCUT2D eigenvalue weighted by Gasteiger charge is 2.22. The Hall–Kier alpha value is -2.66. The molecule has 0 saturated heterocycles. The lowest BCUT2D eigenvalue weighted by Crippen LogP contribution is -2.30. The van der Waals surface area contributed by atoms with Crippen LogP contribution in [-0.2, 0) is 9.59 Å². The van der Waals surface area contributed by atoms with Crippen LogP contribution in [0.3, 0.4) is 0 Å². The van der Waals surface area contributed by atoms with Crippen LogP contribution in [0.2, 0.25) is 0 Å². The molecule has 0 bridgehead atoms. The van der Waals surface area contributed by atoms with Gasteiger partial charge in [0, 0.05) is 24.3 Å². The molecule has 5 nitrogen and oxygen atoms in total. The topological polar surface area (TPSA) is 84.2 Å². The first-order chi connectivity index (χ1) is 11.4. The summed E-state index contributed by atoms with van der Waals surface area (Å²) >= 11 is 0. The van der Waals surface area contributed by atoms with E-state index in [0.717, 1.165) is 11.1 Å². The summed E-state index contributed by atoms with van der Waals surface area (Å²) in [5.74, 6) is -0.702. The quantitative estimate of drug-likeness (QED) is 0.789. The van der Waals surface area contributed by atoms with Crippen molar-refractivity contribution >= 4 is 23.2 Å². The number of benzene rings is 2. The van der Waals surface area contributed by atoms with Gasteiger partial charge in [-0.3, -0.25) is 9.59 Å². The normalized spacial score (nSPS) is 13.0. The first-order valence-electron chi connectivity index (χ1n) is 7.88. The molecule has 4 N–H and O–H groups in total. The molecule has 5 heteroatoms. The standard InChI is InChI=1S/C19H23N3O2/c1-12-16(21-14(3)23)10-7-11-17(12)22-19(24)13(2)18(20)15-8-5-4-6-9-15/h4-11,13,18H,20H2,1-3H3,(H,21,23)(H,22,24). The molecule has 2 rings (SSSR count). The Labute approximate surface area is 142 Å². The summed E-state index contributed by atoms with van der Waals surface area (Å²) in [5, 5.41) is 5.65. The van der Waals surface area contributed by atoms with Gasteiger partial charge in [0.05, 0.1) is 5.92 Å². The van der Waals surface area contributed by atoms with Crippen LogP contribution in [0.4, 0.5) is 11.4 Å². The lowest BCUT2D eigenvalue weighted by Gasteiger charge is -2.21. The Morgan fingerprint density at radius 3 is 2.12 bits per heavy atom. The lowest BCUT2D eigenvalue weighted by atomic mass is 9.94. The van der Waals surface area contributed by atoms with Gasteiger partial charge in [-0.05, 0) is 30.2 Å². The average Bonchev–Trinajstić information content (AvgIpc) is 2.57. The third-order valence-electron chi connectivity index (χ3n) is 4.04. The molecule has 24 heavy (non-hydrogen) atoms. The SMILES string of the molecule is CC(=O)Nc1cccc(NC(=O)C(C)C(N)c2ccccc2)c1C. The average molecular weight is 325 g/mol. The summed E-state index contributed by atoms with van der Waals surface area (Å²) in [6.45, 7) is 5.11. The molecule has 2 atom stereocenters. The maximum Gasteiger partial charge on any atom is 0.229 e. The summed E-state index contributed by atoms with van der Waals surface area (Å²) in [4.78, 5) is 23.8. The van der Waals surface area contributed by atoms with E-state index in [2.05, 4.69) is 10.6 Å². The van der Waals surface area contributed by atoms with Crippen molar-refractivity contribution in [2.24, 2.45) is 11.7 Å². The van der Waals surface area contributed by atoms with E-state index in [1.807, 2.05) is 37.3 Å². The van der Waals surface area contributed by atoms with Crippen molar-refractivity contribution in [3.8, 4) is 0 Å². The van der Waals surface area contributed by atoms with Gasteiger partial charge in [0.25, 0.3) is 0 Å². The molecular formula is C19H23N3O2. The van der Waals surface area contributed by atoms with Crippen molar-refractivity contribution < 1.29 is 9.59 Å². The Morgan fingerprint density at radius 1 is 0.958 bits per heavy atom. The van der Waals surface area contributed by atoms with Gasteiger partial charge in [-0.2, -0.15) is 0 Å². The third-order valence-corrected chi connectivity index (χ3v) is 4.04. The molecule has 0 saturated carbocycles. The van der Waals surface area contributed by atoms with Gasteiger partial charge in [0.15, 0.2) is 0 Å². The second kappa shape index (κ2) is 7.75. The molecule has 2 aromatic carbocycles. The van der Waals surface area contributed by atoms with Crippen LogP contribution in [0, 0.1) is 12.8 Å². The predicted octanol–water partition coefficient (Wildman–Crippen LogP) is 3.23. The summed E-state index contributed by atoms with van der Waals surface area (Å²) in [5.41, 5.74) is 9.28. The maximum absolute atomic E-state index is 12.5. The number of hydrogen-bond donors (Lipinski definition) is 3. The van der Waals surface area contributed by atoms with E-state index in [1.54, 1.807) is 25.1 Å². The van der Waals surface area contributed by atoms with Crippen LogP contribution in [0.1, 0.15) is 31.0 Å². The minimum absolute atomic E-state index is 0.152. The van der Waals surface area contributed by atoms with Crippen LogP contribution in [0.5, 0.6) is 0 Å². The van der Waals surface area contributed by atoms with Gasteiger partial charge in [0.2, 0.25) is 11.8 Å². The Kier molecular flexibility index (Phi) is 5.71. The van der Waals surface area contributed by atoms with Gasteiger partial charge in [0.1, 0.15) is 0 Å². The molecule has 2 aromatic rings. The molecule has 0 aliphatic carbocycles. The van der Waals surface area contributed by atoms with Crippen molar-refractivity contribution in [1.29, 1.82) is 0 Å². The van der Waals surface area contributed by atoms with Crippen molar-refractivity contribution in [2.75, 3.05) is 10.6 Å². The number of rotatable bonds is 5. The lowest BCUT2D eigenvalue weighted by molar-refractivity contribution is -0.120. The first kappa shape index (κ1) is 17.7. The predicted molar refractivity (Wildman–Crippen MR) is 96.6 cm³/mol. The number of anilines is 2. The smallest absolute Gasteiger partial charge is 0.229 e. The Morgan fingerprint density at radius 2 is 1.54 bits per heavy atom. The number of carbonyl (C=O) groups excluding carboxylic acids is 2. The molecule has 0 aliphatic heterocycles. The monoisotopic (exact) mass is 325 g/mol. The summed E-state index contributed by atoms with van der Waals surface area (Å²) in [6.07, 6.45) is 0. The number of amides is 2. The minimum atomic E-state index is -0.392. The Balaban J connectivity index is 2.13. The fourth-order valence-corrected chi connectivity index (χ4v) is 2.47. The van der Waals surface area contributed by atoms with Crippen molar-refractivity contribution in [1.82, 2.24) is 0 Å². The maximum atomic E-state index is 12.5. The zero-order valence-electron chi connectivity index (χ0n) is 14.2. The molecule has 2 unspecified atom stereocenters. The van der Waals surface area contributed by atoms with Crippen LogP contribution < -0.4 is 16.4 Å². The van der Waals surface area contributed by atoms with Crippen molar-refractivity contribution in [3.05, 3.63) is 59.7 Å². The molecule has 0 spiro atoms. The van der Waals surface area contributed by atoms with E-state index in [-0.39, 0.29) is 17.9 Å². The fourth-order valence-electron chi connectivity index (χ4n) is 2.47. The van der Waals surface area contributed by atoms with E-state index >= 15 is 0 Å². The highest BCUT2D eigenvalue weighted by molar-refractivity contribution is 5.96. The molecule has 0 aliphatic rings. The second-order valence-corrected chi connectivity index (χ2v) is 5.87. The van der Waals surface area contributed by atoms with E-state index < -0.39 is 5.92 Å². The number of nitrogens with one attached hydrogen (secondary N) is 2. The number of hydrogen-bond acceptors (Lipinski definition) is 3. The van der Waals surface area contributed by atoms with Gasteiger partial charge < -0.3 is 16.4 Å². The van der Waals surface area contributed by atoms with E-state index in [0.29, 0.717) is 11.4 Å². The number of carbonyl (C=O) groups is 2. The molecule has 2 amide bonds. The summed E-state index contributed by atoms with van der Waals surface area (Å²) in [6, 6.07) is 14.6. The Bertz CT molecular complexity index is 729. The summed E-state index contributed by atoms with van der Waals surface area (Å²) < 4.78 is 0. The molecule has 126 valence electrons. The second-order valence-electron chi connectivity index (χ2n) is 5.87. The van der Waals surface area contributed by atoms with E-state index in [4.69, 9.17) is 5.73 Å². The summed E-state index contributed by atoms with van der Waals surface area (Å²) in [7, 11) is 0. The van der Waals surface area contributed by atoms with Gasteiger partial charge >= 0.3 is 0 Å². The van der Waals surface area contributed by atoms with Crippen LogP contribution >= 0.6 is 0 Å². The third kappa shape index (κ3) is 4.20. The van der Waals surface area contributed by atoms with Gasteiger partial charge in [-0.15, -0.1) is 0 Å². The highest BCUT2D eigenvalue weighted by atomic mass is 16.2. The molecule has 0 aromatic heterocycles. The molecule has 0 radical (unpaired) electrons. The highest BCUT2D eigenvalue weighted by Crippen LogP contribution is 2.25. The molecular weight excluding hydrogens is 302 g/mol. The number of nitrogens with two attached hydrogens (primary N) is 1. The minimum Gasteiger partial charge on any atom is -0.326 e. The van der Waals surface area contributed by atoms with Crippen LogP contribution in [0.15, 0.2) is 48.5 Å². The zero-order valence-corrected chi connectivity index (χ0v) is 14.2. The first-order valence-corrected chi connectivity index (χ1v) is 7.88. The molecule has 0 heterocycles.